The number of thiocarbonyl (C=S) groups is 1. The fourth-order valence-electron chi connectivity index (χ4n) is 2.49. The van der Waals surface area contributed by atoms with Crippen molar-refractivity contribution in [1.82, 2.24) is 5.32 Å². The van der Waals surface area contributed by atoms with E-state index in [9.17, 15) is 0 Å². The number of benzene rings is 2. The maximum atomic E-state index is 5.44. The number of hydrogen-bond acceptors (Lipinski definition) is 1. The minimum Gasteiger partial charge on any atom is -0.360 e. The van der Waals surface area contributed by atoms with E-state index in [1.54, 1.807) is 0 Å². The summed E-state index contributed by atoms with van der Waals surface area (Å²) < 4.78 is 0. The molecule has 0 radical (unpaired) electrons. The van der Waals surface area contributed by atoms with E-state index in [4.69, 9.17) is 12.2 Å². The van der Waals surface area contributed by atoms with Gasteiger partial charge >= 0.3 is 0 Å². The predicted octanol–water partition coefficient (Wildman–Crippen LogP) is 4.61. The zero-order chi connectivity index (χ0) is 15.9. The minimum atomic E-state index is 0.338. The van der Waals surface area contributed by atoms with Gasteiger partial charge in [0.15, 0.2) is 5.11 Å². The Kier molecular flexibility index (Phi) is 5.96. The van der Waals surface area contributed by atoms with Gasteiger partial charge in [-0.15, -0.1) is 0 Å². The first-order valence-corrected chi connectivity index (χ1v) is 8.14. The van der Waals surface area contributed by atoms with Crippen LogP contribution in [0.4, 0.5) is 5.69 Å². The maximum absolute atomic E-state index is 5.44. The molecular weight excluding hydrogens is 288 g/mol. The molecule has 0 amide bonds. The van der Waals surface area contributed by atoms with Gasteiger partial charge in [0.2, 0.25) is 0 Å². The van der Waals surface area contributed by atoms with Crippen molar-refractivity contribution in [2.75, 3.05) is 5.32 Å². The quantitative estimate of drug-likeness (QED) is 0.788. The van der Waals surface area contributed by atoms with Crippen molar-refractivity contribution < 1.29 is 0 Å². The molecule has 0 aromatic heterocycles. The van der Waals surface area contributed by atoms with Gasteiger partial charge in [-0.3, -0.25) is 0 Å². The third kappa shape index (κ3) is 4.85. The smallest absolute Gasteiger partial charge is 0.171 e. The number of anilines is 1. The second-order valence-electron chi connectivity index (χ2n) is 5.79. The highest BCUT2D eigenvalue weighted by Gasteiger charge is 2.07. The summed E-state index contributed by atoms with van der Waals surface area (Å²) in [5.74, 6) is 0. The van der Waals surface area contributed by atoms with E-state index in [2.05, 4.69) is 79.9 Å². The second-order valence-corrected chi connectivity index (χ2v) is 6.20. The summed E-state index contributed by atoms with van der Waals surface area (Å²) in [5, 5.41) is 7.39. The third-order valence-electron chi connectivity index (χ3n) is 3.81. The molecule has 2 aromatic rings. The number of rotatable bonds is 5. The van der Waals surface area contributed by atoms with Gasteiger partial charge in [0.1, 0.15) is 0 Å². The number of aryl methyl sites for hydroxylation is 3. The Balaban J connectivity index is 1.84. The van der Waals surface area contributed by atoms with Crippen LogP contribution in [0.5, 0.6) is 0 Å². The van der Waals surface area contributed by atoms with Gasteiger partial charge in [0, 0.05) is 11.7 Å². The van der Waals surface area contributed by atoms with E-state index in [-0.39, 0.29) is 0 Å². The monoisotopic (exact) mass is 312 g/mol. The van der Waals surface area contributed by atoms with E-state index in [0.717, 1.165) is 18.5 Å². The molecule has 2 N–H and O–H groups in total. The fourth-order valence-corrected chi connectivity index (χ4v) is 2.79. The highest BCUT2D eigenvalue weighted by Crippen LogP contribution is 2.19. The Hall–Kier alpha value is -1.87. The molecule has 0 fully saturated rings. The van der Waals surface area contributed by atoms with Crippen molar-refractivity contribution in [2.45, 2.75) is 39.7 Å². The molecule has 116 valence electrons. The standard InChI is InChI=1S/C19H24N2S/c1-14-8-7-9-15(2)18(14)21-19(22)20-16(3)12-13-17-10-5-4-6-11-17/h4-11,16H,12-13H2,1-3H3,(H2,20,21,22)/t16-/m1/s1. The van der Waals surface area contributed by atoms with E-state index in [1.807, 2.05) is 0 Å². The first-order chi connectivity index (χ1) is 10.6. The van der Waals surface area contributed by atoms with Crippen LogP contribution in [0, 0.1) is 13.8 Å². The summed E-state index contributed by atoms with van der Waals surface area (Å²) in [5.41, 5.74) is 4.89. The van der Waals surface area contributed by atoms with Crippen molar-refractivity contribution in [2.24, 2.45) is 0 Å². The largest absolute Gasteiger partial charge is 0.360 e. The minimum absolute atomic E-state index is 0.338. The SMILES string of the molecule is Cc1cccc(C)c1NC(=S)N[C@H](C)CCc1ccccc1. The van der Waals surface area contributed by atoms with Gasteiger partial charge in [0.05, 0.1) is 0 Å². The Morgan fingerprint density at radius 1 is 1.00 bits per heavy atom. The van der Waals surface area contributed by atoms with E-state index in [0.29, 0.717) is 11.2 Å². The molecule has 0 aliphatic heterocycles. The van der Waals surface area contributed by atoms with E-state index in [1.165, 1.54) is 16.7 Å². The molecule has 0 saturated carbocycles. The van der Waals surface area contributed by atoms with Crippen LogP contribution in [0.1, 0.15) is 30.0 Å². The molecule has 2 rings (SSSR count). The van der Waals surface area contributed by atoms with Gasteiger partial charge in [-0.25, -0.2) is 0 Å². The van der Waals surface area contributed by atoms with Gasteiger partial charge in [-0.2, -0.15) is 0 Å². The highest BCUT2D eigenvalue weighted by atomic mass is 32.1. The summed E-state index contributed by atoms with van der Waals surface area (Å²) >= 11 is 5.44. The van der Waals surface area contributed by atoms with Crippen molar-refractivity contribution in [3.05, 3.63) is 65.2 Å². The van der Waals surface area contributed by atoms with Crippen LogP contribution in [-0.2, 0) is 6.42 Å². The summed E-state index contributed by atoms with van der Waals surface area (Å²) in [6, 6.07) is 17.1. The van der Waals surface area contributed by atoms with Crippen molar-refractivity contribution in [1.29, 1.82) is 0 Å². The van der Waals surface area contributed by atoms with Crippen LogP contribution in [0.2, 0.25) is 0 Å². The molecule has 2 nitrogen and oxygen atoms in total. The lowest BCUT2D eigenvalue weighted by Crippen LogP contribution is -2.36. The topological polar surface area (TPSA) is 24.1 Å². The van der Waals surface area contributed by atoms with E-state index >= 15 is 0 Å². The molecule has 0 spiro atoms. The van der Waals surface area contributed by atoms with Crippen LogP contribution < -0.4 is 10.6 Å². The van der Waals surface area contributed by atoms with Crippen LogP contribution in [0.25, 0.3) is 0 Å². The molecule has 1 atom stereocenters. The molecule has 0 aliphatic carbocycles. The Bertz CT molecular complexity index is 602. The molecule has 0 bridgehead atoms. The number of para-hydroxylation sites is 1. The van der Waals surface area contributed by atoms with Crippen LogP contribution >= 0.6 is 12.2 Å². The van der Waals surface area contributed by atoms with Gasteiger partial charge in [0.25, 0.3) is 0 Å². The van der Waals surface area contributed by atoms with Crippen LogP contribution in [0.3, 0.4) is 0 Å². The maximum Gasteiger partial charge on any atom is 0.171 e. The molecule has 0 saturated heterocycles. The van der Waals surface area contributed by atoms with Crippen molar-refractivity contribution in [3.8, 4) is 0 Å². The molecule has 0 unspecified atom stereocenters. The van der Waals surface area contributed by atoms with Crippen molar-refractivity contribution in [3.63, 3.8) is 0 Å². The highest BCUT2D eigenvalue weighted by molar-refractivity contribution is 7.80. The molecular formula is C19H24N2S. The molecule has 0 aliphatic rings. The Labute approximate surface area is 139 Å². The average Bonchev–Trinajstić information content (AvgIpc) is 2.50. The predicted molar refractivity (Wildman–Crippen MR) is 99.5 cm³/mol. The third-order valence-corrected chi connectivity index (χ3v) is 4.03. The number of hydrogen-bond donors (Lipinski definition) is 2. The average molecular weight is 312 g/mol. The Morgan fingerprint density at radius 3 is 2.27 bits per heavy atom. The van der Waals surface area contributed by atoms with Crippen LogP contribution in [0.15, 0.2) is 48.5 Å². The van der Waals surface area contributed by atoms with Crippen LogP contribution in [-0.4, -0.2) is 11.2 Å². The van der Waals surface area contributed by atoms with Gasteiger partial charge in [-0.1, -0.05) is 48.5 Å². The molecule has 0 heterocycles. The molecule has 2 aromatic carbocycles. The second kappa shape index (κ2) is 7.95. The normalized spacial score (nSPS) is 11.8. The summed E-state index contributed by atoms with van der Waals surface area (Å²) in [7, 11) is 0. The van der Waals surface area contributed by atoms with E-state index < -0.39 is 0 Å². The number of nitrogens with one attached hydrogen (secondary N) is 2. The fraction of sp³-hybridized carbons (Fsp3) is 0.316. The summed E-state index contributed by atoms with van der Waals surface area (Å²) in [6.07, 6.45) is 2.11. The molecule has 3 heteroatoms. The summed E-state index contributed by atoms with van der Waals surface area (Å²) in [6.45, 7) is 6.36. The first-order valence-electron chi connectivity index (χ1n) is 7.74. The lowest BCUT2D eigenvalue weighted by molar-refractivity contribution is 0.609. The lowest BCUT2D eigenvalue weighted by atomic mass is 10.1. The zero-order valence-corrected chi connectivity index (χ0v) is 14.3. The van der Waals surface area contributed by atoms with Gasteiger partial charge in [-0.05, 0) is 62.5 Å². The lowest BCUT2D eigenvalue weighted by Gasteiger charge is -2.19. The summed E-state index contributed by atoms with van der Waals surface area (Å²) in [4.78, 5) is 0. The first kappa shape index (κ1) is 16.5. The van der Waals surface area contributed by atoms with Gasteiger partial charge < -0.3 is 10.6 Å². The van der Waals surface area contributed by atoms with Crippen molar-refractivity contribution >= 4 is 23.0 Å². The Morgan fingerprint density at radius 2 is 1.64 bits per heavy atom. The zero-order valence-electron chi connectivity index (χ0n) is 13.5. The molecule has 22 heavy (non-hydrogen) atoms.